The lowest BCUT2D eigenvalue weighted by Gasteiger charge is -2.16. The number of hydrogen-bond acceptors (Lipinski definition) is 1. The first-order valence-corrected chi connectivity index (χ1v) is 6.01. The van der Waals surface area contributed by atoms with E-state index in [0.717, 1.165) is 12.8 Å². The van der Waals surface area contributed by atoms with Crippen molar-refractivity contribution < 1.29 is 4.79 Å². The normalized spacial score (nSPS) is 11.7. The Balaban J connectivity index is 3.33. The van der Waals surface area contributed by atoms with Crippen LogP contribution in [0.1, 0.15) is 72.6 Å². The Hall–Kier alpha value is -0.330. The molecule has 0 aliphatic rings. The van der Waals surface area contributed by atoms with Crippen LogP contribution in [-0.4, -0.2) is 5.78 Å². The Morgan fingerprint density at radius 1 is 0.929 bits per heavy atom. The first kappa shape index (κ1) is 13.7. The number of unbranched alkanes of at least 4 members (excludes halogenated alkanes) is 5. The average Bonchev–Trinajstić information content (AvgIpc) is 2.09. The van der Waals surface area contributed by atoms with Crippen molar-refractivity contribution in [2.75, 3.05) is 0 Å². The largest absolute Gasteiger partial charge is 0.299 e. The monoisotopic (exact) mass is 198 g/mol. The highest BCUT2D eigenvalue weighted by Gasteiger charge is 2.19. The Morgan fingerprint density at radius 3 is 1.93 bits per heavy atom. The minimum absolute atomic E-state index is 0.135. The van der Waals surface area contributed by atoms with Crippen molar-refractivity contribution in [3.05, 3.63) is 0 Å². The van der Waals surface area contributed by atoms with E-state index in [1.807, 2.05) is 20.8 Å². The second-order valence-corrected chi connectivity index (χ2v) is 5.19. The Morgan fingerprint density at radius 2 is 1.43 bits per heavy atom. The van der Waals surface area contributed by atoms with Gasteiger partial charge in [-0.2, -0.15) is 0 Å². The van der Waals surface area contributed by atoms with E-state index in [0.29, 0.717) is 5.78 Å². The van der Waals surface area contributed by atoms with E-state index in [1.54, 1.807) is 0 Å². The van der Waals surface area contributed by atoms with Crippen LogP contribution in [0.2, 0.25) is 0 Å². The maximum Gasteiger partial charge on any atom is 0.138 e. The van der Waals surface area contributed by atoms with Crippen molar-refractivity contribution >= 4 is 5.78 Å². The lowest BCUT2D eigenvalue weighted by atomic mass is 9.88. The molecule has 14 heavy (non-hydrogen) atoms. The van der Waals surface area contributed by atoms with Crippen molar-refractivity contribution in [1.29, 1.82) is 0 Å². The van der Waals surface area contributed by atoms with E-state index in [4.69, 9.17) is 0 Å². The van der Waals surface area contributed by atoms with E-state index in [1.165, 1.54) is 32.1 Å². The summed E-state index contributed by atoms with van der Waals surface area (Å²) in [6.07, 6.45) is 8.34. The molecule has 0 saturated carbocycles. The molecule has 0 aromatic carbocycles. The third kappa shape index (κ3) is 7.11. The Labute approximate surface area is 89.3 Å². The molecule has 0 spiro atoms. The summed E-state index contributed by atoms with van der Waals surface area (Å²) < 4.78 is 0. The summed E-state index contributed by atoms with van der Waals surface area (Å²) in [6.45, 7) is 8.24. The van der Waals surface area contributed by atoms with Crippen LogP contribution in [0.25, 0.3) is 0 Å². The average molecular weight is 198 g/mol. The van der Waals surface area contributed by atoms with E-state index >= 15 is 0 Å². The molecule has 0 N–H and O–H groups in total. The predicted octanol–water partition coefficient (Wildman–Crippen LogP) is 4.35. The van der Waals surface area contributed by atoms with E-state index in [9.17, 15) is 4.79 Å². The standard InChI is InChI=1S/C13H26O/c1-5-6-7-8-9-10-11-12(14)13(2,3)4/h5-11H2,1-4H3. The second-order valence-electron chi connectivity index (χ2n) is 5.19. The fourth-order valence-electron chi connectivity index (χ4n) is 1.44. The predicted molar refractivity (Wildman–Crippen MR) is 62.5 cm³/mol. The molecule has 0 aromatic heterocycles. The van der Waals surface area contributed by atoms with Crippen molar-refractivity contribution in [2.45, 2.75) is 72.6 Å². The molecule has 0 aliphatic heterocycles. The zero-order chi connectivity index (χ0) is 11.0. The molecule has 0 bridgehead atoms. The van der Waals surface area contributed by atoms with E-state index in [-0.39, 0.29) is 5.41 Å². The van der Waals surface area contributed by atoms with Crippen LogP contribution in [0.3, 0.4) is 0 Å². The SMILES string of the molecule is CCCCCCCCC(=O)C(C)(C)C. The fourth-order valence-corrected chi connectivity index (χ4v) is 1.44. The first-order chi connectivity index (χ1) is 6.48. The van der Waals surface area contributed by atoms with Crippen LogP contribution in [0.15, 0.2) is 0 Å². The van der Waals surface area contributed by atoms with Gasteiger partial charge in [0.05, 0.1) is 0 Å². The molecule has 1 heteroatoms. The number of carbonyl (C=O) groups is 1. The third-order valence-corrected chi connectivity index (χ3v) is 2.59. The molecule has 0 rings (SSSR count). The molecule has 0 saturated heterocycles. The summed E-state index contributed by atoms with van der Waals surface area (Å²) in [4.78, 5) is 11.6. The van der Waals surface area contributed by atoms with Gasteiger partial charge < -0.3 is 0 Å². The number of ketones is 1. The molecule has 0 radical (unpaired) electrons. The molecular formula is C13H26O. The van der Waals surface area contributed by atoms with Crippen molar-refractivity contribution in [3.8, 4) is 0 Å². The van der Waals surface area contributed by atoms with Crippen LogP contribution in [0.4, 0.5) is 0 Å². The van der Waals surface area contributed by atoms with Crippen molar-refractivity contribution in [3.63, 3.8) is 0 Å². The molecule has 84 valence electrons. The lowest BCUT2D eigenvalue weighted by Crippen LogP contribution is -2.19. The topological polar surface area (TPSA) is 17.1 Å². The molecule has 0 aromatic rings. The quantitative estimate of drug-likeness (QED) is 0.556. The molecule has 0 unspecified atom stereocenters. The summed E-state index contributed by atoms with van der Waals surface area (Å²) in [5.41, 5.74) is -0.135. The highest BCUT2D eigenvalue weighted by molar-refractivity contribution is 5.83. The smallest absolute Gasteiger partial charge is 0.138 e. The zero-order valence-corrected chi connectivity index (χ0v) is 10.4. The van der Waals surface area contributed by atoms with E-state index in [2.05, 4.69) is 6.92 Å². The molecule has 0 aliphatic carbocycles. The number of rotatable bonds is 7. The van der Waals surface area contributed by atoms with Gasteiger partial charge in [-0.15, -0.1) is 0 Å². The Bertz CT molecular complexity index is 153. The first-order valence-electron chi connectivity index (χ1n) is 6.01. The summed E-state index contributed by atoms with van der Waals surface area (Å²) in [7, 11) is 0. The highest BCUT2D eigenvalue weighted by Crippen LogP contribution is 2.18. The van der Waals surface area contributed by atoms with Gasteiger partial charge in [-0.1, -0.05) is 59.8 Å². The van der Waals surface area contributed by atoms with Gasteiger partial charge in [0.25, 0.3) is 0 Å². The fraction of sp³-hybridized carbons (Fsp3) is 0.923. The summed E-state index contributed by atoms with van der Waals surface area (Å²) >= 11 is 0. The Kier molecular flexibility index (Phi) is 6.86. The van der Waals surface area contributed by atoms with Crippen molar-refractivity contribution in [2.24, 2.45) is 5.41 Å². The molecule has 1 nitrogen and oxygen atoms in total. The highest BCUT2D eigenvalue weighted by atomic mass is 16.1. The lowest BCUT2D eigenvalue weighted by molar-refractivity contribution is -0.126. The van der Waals surface area contributed by atoms with Gasteiger partial charge >= 0.3 is 0 Å². The maximum absolute atomic E-state index is 11.6. The third-order valence-electron chi connectivity index (χ3n) is 2.59. The van der Waals surface area contributed by atoms with Crippen molar-refractivity contribution in [1.82, 2.24) is 0 Å². The van der Waals surface area contributed by atoms with Crippen LogP contribution < -0.4 is 0 Å². The molecule has 0 fully saturated rings. The number of carbonyl (C=O) groups excluding carboxylic acids is 1. The minimum atomic E-state index is -0.135. The van der Waals surface area contributed by atoms with Gasteiger partial charge in [0.2, 0.25) is 0 Å². The summed E-state index contributed by atoms with van der Waals surface area (Å²) in [6, 6.07) is 0. The zero-order valence-electron chi connectivity index (χ0n) is 10.4. The second kappa shape index (κ2) is 7.03. The van der Waals surface area contributed by atoms with Gasteiger partial charge in [0.1, 0.15) is 5.78 Å². The van der Waals surface area contributed by atoms with Crippen LogP contribution in [0.5, 0.6) is 0 Å². The minimum Gasteiger partial charge on any atom is -0.299 e. The summed E-state index contributed by atoms with van der Waals surface area (Å²) in [5.74, 6) is 0.410. The number of Topliss-reactive ketones (excluding diaryl/α,β-unsaturated/α-hetero) is 1. The van der Waals surface area contributed by atoms with Gasteiger partial charge in [0, 0.05) is 11.8 Å². The van der Waals surface area contributed by atoms with Gasteiger partial charge in [-0.3, -0.25) is 4.79 Å². The number of hydrogen-bond donors (Lipinski definition) is 0. The van der Waals surface area contributed by atoms with Crippen LogP contribution in [-0.2, 0) is 4.79 Å². The van der Waals surface area contributed by atoms with Crippen LogP contribution in [0, 0.1) is 5.41 Å². The molecular weight excluding hydrogens is 172 g/mol. The van der Waals surface area contributed by atoms with E-state index < -0.39 is 0 Å². The summed E-state index contributed by atoms with van der Waals surface area (Å²) in [5, 5.41) is 0. The molecule has 0 atom stereocenters. The molecule has 0 amide bonds. The van der Waals surface area contributed by atoms with Gasteiger partial charge in [0.15, 0.2) is 0 Å². The maximum atomic E-state index is 11.6. The van der Waals surface area contributed by atoms with Gasteiger partial charge in [-0.05, 0) is 6.42 Å². The van der Waals surface area contributed by atoms with Gasteiger partial charge in [-0.25, -0.2) is 0 Å². The molecule has 0 heterocycles. The van der Waals surface area contributed by atoms with Crippen LogP contribution >= 0.6 is 0 Å².